The van der Waals surface area contributed by atoms with Gasteiger partial charge in [0.1, 0.15) is 0 Å². The van der Waals surface area contributed by atoms with E-state index in [4.69, 9.17) is 9.97 Å². The van der Waals surface area contributed by atoms with Crippen molar-refractivity contribution in [1.29, 1.82) is 0 Å². The molecule has 0 spiro atoms. The van der Waals surface area contributed by atoms with Gasteiger partial charge in [-0.05, 0) is 37.1 Å². The van der Waals surface area contributed by atoms with Crippen molar-refractivity contribution in [1.82, 2.24) is 20.6 Å². The maximum absolute atomic E-state index is 13.7. The molecule has 0 bridgehead atoms. The van der Waals surface area contributed by atoms with Gasteiger partial charge in [-0.3, -0.25) is 9.59 Å². The molecule has 0 saturated carbocycles. The normalized spacial score (nSPS) is 11.2. The Labute approximate surface area is 273 Å². The van der Waals surface area contributed by atoms with Gasteiger partial charge in [0.25, 0.3) is 11.8 Å². The van der Waals surface area contributed by atoms with Crippen molar-refractivity contribution in [2.45, 2.75) is 78.1 Å². The lowest BCUT2D eigenvalue weighted by Crippen LogP contribution is -2.25. The smallest absolute Gasteiger partial charge is 0.252 e. The van der Waals surface area contributed by atoms with Gasteiger partial charge in [0.2, 0.25) is 0 Å². The Morgan fingerprint density at radius 3 is 1.35 bits per heavy atom. The van der Waals surface area contributed by atoms with Crippen molar-refractivity contribution in [2.75, 3.05) is 13.1 Å². The molecular weight excluding hydrogens is 568 g/mol. The molecule has 0 atom stereocenters. The summed E-state index contributed by atoms with van der Waals surface area (Å²) in [5.74, 6) is -0.266. The Kier molecular flexibility index (Phi) is 11.9. The molecule has 2 amide bonds. The summed E-state index contributed by atoms with van der Waals surface area (Å²) in [6, 6.07) is 27.4. The fourth-order valence-electron chi connectivity index (χ4n) is 5.89. The summed E-state index contributed by atoms with van der Waals surface area (Å²) in [5, 5.41) is 7.71. The van der Waals surface area contributed by atoms with Gasteiger partial charge in [0.15, 0.2) is 0 Å². The third-order valence-corrected chi connectivity index (χ3v) is 8.50. The van der Waals surface area contributed by atoms with Gasteiger partial charge < -0.3 is 10.6 Å². The second-order valence-electron chi connectivity index (χ2n) is 12.1. The van der Waals surface area contributed by atoms with Crippen molar-refractivity contribution in [3.8, 4) is 22.5 Å². The summed E-state index contributed by atoms with van der Waals surface area (Å²) in [6.45, 7) is 5.64. The Balaban J connectivity index is 1.57. The number of pyridine rings is 2. The van der Waals surface area contributed by atoms with E-state index in [0.717, 1.165) is 48.2 Å². The number of hydrogen-bond acceptors (Lipinski definition) is 4. The first-order valence-corrected chi connectivity index (χ1v) is 17.1. The van der Waals surface area contributed by atoms with Crippen LogP contribution in [-0.4, -0.2) is 34.9 Å². The van der Waals surface area contributed by atoms with E-state index in [1.807, 2.05) is 84.9 Å². The second-order valence-corrected chi connectivity index (χ2v) is 12.1. The Morgan fingerprint density at radius 1 is 0.522 bits per heavy atom. The average molecular weight is 615 g/mol. The fourth-order valence-corrected chi connectivity index (χ4v) is 5.89. The van der Waals surface area contributed by atoms with E-state index in [1.165, 1.54) is 38.5 Å². The lowest BCUT2D eigenvalue weighted by atomic mass is 9.98. The number of benzene rings is 3. The molecule has 238 valence electrons. The highest BCUT2D eigenvalue weighted by Crippen LogP contribution is 2.32. The predicted octanol–water partition coefficient (Wildman–Crippen LogP) is 9.52. The van der Waals surface area contributed by atoms with Crippen LogP contribution in [0.4, 0.5) is 0 Å². The summed E-state index contributed by atoms with van der Waals surface area (Å²) in [7, 11) is 0. The van der Waals surface area contributed by atoms with Crippen LogP contribution in [0.2, 0.25) is 0 Å². The number of carbonyl (C=O) groups is 2. The van der Waals surface area contributed by atoms with Crippen molar-refractivity contribution in [3.63, 3.8) is 0 Å². The van der Waals surface area contributed by atoms with E-state index in [0.29, 0.717) is 46.0 Å². The Morgan fingerprint density at radius 2 is 0.935 bits per heavy atom. The molecule has 6 nitrogen and oxygen atoms in total. The standard InChI is InChI=1S/C40H46N4O2/c1-3-5-7-9-17-23-41-39(45)33-26-35(29-19-13-11-14-20-29)43-37-28-38-32(25-31(33)37)34(40(46)42-24-18-10-8-6-4-2)27-36(44-38)30-21-15-12-16-22-30/h11-16,19-22,25-28H,3-10,17-18,23-24H2,1-2H3,(H,41,45)(H,42,46). The minimum atomic E-state index is -0.133. The number of hydrogen-bond donors (Lipinski definition) is 2. The SMILES string of the molecule is CCCCCCCNC(=O)c1cc(-c2ccccc2)nc2cc3nc(-c4ccccc4)cc(C(=O)NCCCCCCC)c3cc12. The summed E-state index contributed by atoms with van der Waals surface area (Å²) in [4.78, 5) is 37.5. The molecule has 0 unspecified atom stereocenters. The van der Waals surface area contributed by atoms with Gasteiger partial charge in [0, 0.05) is 35.0 Å². The van der Waals surface area contributed by atoms with E-state index in [2.05, 4.69) is 24.5 Å². The molecule has 0 radical (unpaired) electrons. The summed E-state index contributed by atoms with van der Waals surface area (Å²) in [5.41, 5.74) is 5.75. The summed E-state index contributed by atoms with van der Waals surface area (Å²) in [6.07, 6.45) is 11.2. The zero-order valence-corrected chi connectivity index (χ0v) is 27.3. The molecular formula is C40H46N4O2. The highest BCUT2D eigenvalue weighted by Gasteiger charge is 2.19. The number of unbranched alkanes of at least 4 members (excludes halogenated alkanes) is 8. The van der Waals surface area contributed by atoms with Crippen LogP contribution in [0.3, 0.4) is 0 Å². The van der Waals surface area contributed by atoms with E-state index >= 15 is 0 Å². The van der Waals surface area contributed by atoms with Gasteiger partial charge in [0.05, 0.1) is 33.5 Å². The van der Waals surface area contributed by atoms with Crippen molar-refractivity contribution in [3.05, 3.63) is 96.1 Å². The molecule has 3 aromatic carbocycles. The number of fused-ring (bicyclic) bond motifs is 2. The van der Waals surface area contributed by atoms with Crippen molar-refractivity contribution < 1.29 is 9.59 Å². The maximum Gasteiger partial charge on any atom is 0.252 e. The maximum atomic E-state index is 13.7. The van der Waals surface area contributed by atoms with E-state index in [-0.39, 0.29) is 11.8 Å². The molecule has 5 rings (SSSR count). The predicted molar refractivity (Wildman–Crippen MR) is 190 cm³/mol. The topological polar surface area (TPSA) is 84.0 Å². The first-order valence-electron chi connectivity index (χ1n) is 17.1. The monoisotopic (exact) mass is 614 g/mol. The van der Waals surface area contributed by atoms with Crippen LogP contribution in [0.1, 0.15) is 98.8 Å². The molecule has 46 heavy (non-hydrogen) atoms. The molecule has 0 aliphatic rings. The third kappa shape index (κ3) is 8.36. The molecule has 5 aromatic rings. The van der Waals surface area contributed by atoms with E-state index in [1.54, 1.807) is 0 Å². The Hall–Kier alpha value is -4.58. The number of aromatic nitrogens is 2. The first kappa shape index (κ1) is 32.8. The van der Waals surface area contributed by atoms with Gasteiger partial charge in [-0.2, -0.15) is 0 Å². The molecule has 0 aliphatic carbocycles. The van der Waals surface area contributed by atoms with Gasteiger partial charge >= 0.3 is 0 Å². The van der Waals surface area contributed by atoms with Crippen LogP contribution in [0.25, 0.3) is 44.3 Å². The lowest BCUT2D eigenvalue weighted by Gasteiger charge is -2.14. The fraction of sp³-hybridized carbons (Fsp3) is 0.350. The van der Waals surface area contributed by atoms with Crippen molar-refractivity contribution in [2.24, 2.45) is 0 Å². The van der Waals surface area contributed by atoms with Crippen molar-refractivity contribution >= 4 is 33.6 Å². The number of carbonyl (C=O) groups excluding carboxylic acids is 2. The van der Waals surface area contributed by atoms with Crippen LogP contribution < -0.4 is 10.6 Å². The summed E-state index contributed by atoms with van der Waals surface area (Å²) >= 11 is 0. The second kappa shape index (κ2) is 16.6. The minimum absolute atomic E-state index is 0.133. The Bertz CT molecular complexity index is 1630. The zero-order chi connectivity index (χ0) is 32.1. The van der Waals surface area contributed by atoms with Crippen LogP contribution >= 0.6 is 0 Å². The van der Waals surface area contributed by atoms with E-state index < -0.39 is 0 Å². The molecule has 2 heterocycles. The number of nitrogens with one attached hydrogen (secondary N) is 2. The first-order chi connectivity index (χ1) is 22.6. The number of amides is 2. The van der Waals surface area contributed by atoms with Crippen LogP contribution in [0, 0.1) is 0 Å². The quantitative estimate of drug-likeness (QED) is 0.0856. The average Bonchev–Trinajstić information content (AvgIpc) is 3.10. The van der Waals surface area contributed by atoms with Crippen LogP contribution in [0.5, 0.6) is 0 Å². The molecule has 0 saturated heterocycles. The summed E-state index contributed by atoms with van der Waals surface area (Å²) < 4.78 is 0. The van der Waals surface area contributed by atoms with Gasteiger partial charge in [-0.15, -0.1) is 0 Å². The van der Waals surface area contributed by atoms with Gasteiger partial charge in [-0.25, -0.2) is 9.97 Å². The minimum Gasteiger partial charge on any atom is -0.352 e. The van der Waals surface area contributed by atoms with Crippen LogP contribution in [0.15, 0.2) is 84.9 Å². The van der Waals surface area contributed by atoms with Crippen LogP contribution in [-0.2, 0) is 0 Å². The number of rotatable bonds is 16. The number of nitrogens with zero attached hydrogens (tertiary/aromatic N) is 2. The highest BCUT2D eigenvalue weighted by atomic mass is 16.2. The third-order valence-electron chi connectivity index (χ3n) is 8.50. The largest absolute Gasteiger partial charge is 0.352 e. The lowest BCUT2D eigenvalue weighted by molar-refractivity contribution is 0.0946. The van der Waals surface area contributed by atoms with E-state index in [9.17, 15) is 9.59 Å². The molecule has 0 fully saturated rings. The zero-order valence-electron chi connectivity index (χ0n) is 27.3. The highest BCUT2D eigenvalue weighted by molar-refractivity contribution is 6.14. The molecule has 2 N–H and O–H groups in total. The molecule has 0 aliphatic heterocycles. The molecule has 6 heteroatoms. The molecule has 2 aromatic heterocycles. The van der Waals surface area contributed by atoms with Gasteiger partial charge in [-0.1, -0.05) is 126 Å².